The van der Waals surface area contributed by atoms with Crippen molar-refractivity contribution in [2.45, 2.75) is 44.9 Å². The first-order chi connectivity index (χ1) is 12.1. The Kier molecular flexibility index (Phi) is 8.39. The van der Waals surface area contributed by atoms with Crippen LogP contribution in [0, 0.1) is 0 Å². The molecular weight excluding hydrogens is 415 g/mol. The molecule has 0 saturated heterocycles. The van der Waals surface area contributed by atoms with Crippen molar-refractivity contribution in [2.75, 3.05) is 13.7 Å². The van der Waals surface area contributed by atoms with Gasteiger partial charge >= 0.3 is 12.2 Å². The number of amides is 2. The van der Waals surface area contributed by atoms with Crippen molar-refractivity contribution in [3.63, 3.8) is 0 Å². The largest absolute Gasteiger partial charge is 0.480 e. The summed E-state index contributed by atoms with van der Waals surface area (Å²) in [6, 6.07) is 0.244. The Morgan fingerprint density at radius 3 is 2.65 bits per heavy atom. The van der Waals surface area contributed by atoms with E-state index in [1.807, 2.05) is 6.92 Å². The lowest BCUT2D eigenvalue weighted by Crippen LogP contribution is -2.45. The molecule has 0 aliphatic carbocycles. The maximum absolute atomic E-state index is 12.5. The van der Waals surface area contributed by atoms with Crippen molar-refractivity contribution < 1.29 is 22.7 Å². The second-order valence-corrected chi connectivity index (χ2v) is 6.52. The minimum absolute atomic E-state index is 0.250. The van der Waals surface area contributed by atoms with Crippen molar-refractivity contribution in [1.29, 1.82) is 0 Å². The van der Waals surface area contributed by atoms with E-state index in [1.54, 1.807) is 19.2 Å². The van der Waals surface area contributed by atoms with Crippen LogP contribution in [0.3, 0.4) is 0 Å². The number of nitrogens with zero attached hydrogens (tertiary/aromatic N) is 2. The van der Waals surface area contributed by atoms with E-state index in [9.17, 15) is 18.0 Å². The van der Waals surface area contributed by atoms with Crippen molar-refractivity contribution in [2.24, 2.45) is 0 Å². The number of carbonyl (C=O) groups excluding carboxylic acids is 1. The van der Waals surface area contributed by atoms with Crippen LogP contribution in [0.4, 0.5) is 18.0 Å². The van der Waals surface area contributed by atoms with Gasteiger partial charge in [-0.15, -0.1) is 6.58 Å². The van der Waals surface area contributed by atoms with Gasteiger partial charge in [0.25, 0.3) is 0 Å². The van der Waals surface area contributed by atoms with E-state index in [1.165, 1.54) is 18.1 Å². The summed E-state index contributed by atoms with van der Waals surface area (Å²) in [5.74, 6) is 0.423. The average molecular weight is 438 g/mol. The molecule has 1 aromatic heterocycles. The van der Waals surface area contributed by atoms with Gasteiger partial charge in [-0.05, 0) is 47.8 Å². The van der Waals surface area contributed by atoms with Crippen molar-refractivity contribution in [3.8, 4) is 5.88 Å². The lowest BCUT2D eigenvalue weighted by atomic mass is 10.1. The van der Waals surface area contributed by atoms with Crippen LogP contribution in [-0.2, 0) is 0 Å². The number of methoxy groups -OCH3 is 1. The smallest absolute Gasteiger partial charge is 0.389 e. The van der Waals surface area contributed by atoms with Crippen molar-refractivity contribution in [1.82, 2.24) is 15.2 Å². The van der Waals surface area contributed by atoms with Crippen LogP contribution < -0.4 is 10.1 Å². The van der Waals surface area contributed by atoms with Crippen LogP contribution in [0.2, 0.25) is 0 Å². The maximum Gasteiger partial charge on any atom is 0.389 e. The quantitative estimate of drug-likeness (QED) is 0.591. The number of nitrogens with one attached hydrogen (secondary N) is 1. The van der Waals surface area contributed by atoms with E-state index in [2.05, 4.69) is 32.8 Å². The summed E-state index contributed by atoms with van der Waals surface area (Å²) >= 11 is 3.35. The van der Waals surface area contributed by atoms with E-state index in [0.29, 0.717) is 16.9 Å². The van der Waals surface area contributed by atoms with Gasteiger partial charge in [-0.1, -0.05) is 6.08 Å². The minimum Gasteiger partial charge on any atom is -0.480 e. The molecule has 0 saturated carbocycles. The number of ether oxygens (including phenoxy) is 1. The Hall–Kier alpha value is -1.77. The Morgan fingerprint density at radius 2 is 2.19 bits per heavy atom. The summed E-state index contributed by atoms with van der Waals surface area (Å²) in [5.41, 5.74) is 0.764. The number of rotatable bonds is 8. The van der Waals surface area contributed by atoms with Gasteiger partial charge in [-0.25, -0.2) is 9.78 Å². The van der Waals surface area contributed by atoms with E-state index < -0.39 is 24.7 Å². The molecule has 26 heavy (non-hydrogen) atoms. The minimum atomic E-state index is -4.27. The lowest BCUT2D eigenvalue weighted by Gasteiger charge is -2.30. The summed E-state index contributed by atoms with van der Waals surface area (Å²) in [5, 5.41) is 2.59. The number of pyridine rings is 1. The van der Waals surface area contributed by atoms with Gasteiger partial charge in [0.2, 0.25) is 5.88 Å². The number of hydrogen-bond acceptors (Lipinski definition) is 3. The highest BCUT2D eigenvalue weighted by Gasteiger charge is 2.29. The second kappa shape index (κ2) is 9.80. The fourth-order valence-electron chi connectivity index (χ4n) is 2.40. The standard InChI is InChI=1S/C17H23BrF3N3O2/c1-5-13(7-8-17(19,20)21)23-16(25)24(6-2)11(3)12-9-14(18)15(26-4)22-10-12/h5,9-11,13H,1,6-8H2,2-4H3,(H,23,25)/t11-,13-/m1/s1. The molecular formula is C17H23BrF3N3O2. The Labute approximate surface area is 159 Å². The van der Waals surface area contributed by atoms with Crippen molar-refractivity contribution in [3.05, 3.63) is 35.0 Å². The molecule has 2 atom stereocenters. The first-order valence-corrected chi connectivity index (χ1v) is 8.88. The number of halogens is 4. The first kappa shape index (κ1) is 22.3. The predicted molar refractivity (Wildman–Crippen MR) is 97.1 cm³/mol. The fraction of sp³-hybridized carbons (Fsp3) is 0.529. The van der Waals surface area contributed by atoms with Crippen LogP contribution in [0.15, 0.2) is 29.4 Å². The van der Waals surface area contributed by atoms with Gasteiger partial charge < -0.3 is 15.0 Å². The predicted octanol–water partition coefficient (Wildman–Crippen LogP) is 4.84. The molecule has 1 heterocycles. The van der Waals surface area contributed by atoms with Crippen LogP contribution in [0.5, 0.6) is 5.88 Å². The SMILES string of the molecule is C=C[C@H](CCC(F)(F)F)NC(=O)N(CC)[C@H](C)c1cnc(OC)c(Br)c1. The van der Waals surface area contributed by atoms with Gasteiger partial charge in [0.15, 0.2) is 0 Å². The maximum atomic E-state index is 12.5. The molecule has 0 aliphatic rings. The van der Waals surface area contributed by atoms with E-state index in [0.717, 1.165) is 5.56 Å². The molecule has 0 aromatic carbocycles. The molecule has 0 fully saturated rings. The normalized spacial score (nSPS) is 13.7. The molecule has 9 heteroatoms. The number of alkyl halides is 3. The summed E-state index contributed by atoms with van der Waals surface area (Å²) < 4.78 is 42.9. The number of carbonyl (C=O) groups is 1. The fourth-order valence-corrected chi connectivity index (χ4v) is 2.93. The summed E-state index contributed by atoms with van der Waals surface area (Å²) in [4.78, 5) is 18.2. The van der Waals surface area contributed by atoms with Gasteiger partial charge in [0.05, 0.1) is 17.6 Å². The summed E-state index contributed by atoms with van der Waals surface area (Å²) in [7, 11) is 1.50. The second-order valence-electron chi connectivity index (χ2n) is 5.67. The number of urea groups is 1. The molecule has 146 valence electrons. The number of aromatic nitrogens is 1. The van der Waals surface area contributed by atoms with Gasteiger partial charge in [0.1, 0.15) is 0 Å². The van der Waals surface area contributed by atoms with Gasteiger partial charge in [-0.2, -0.15) is 13.2 Å². The Balaban J connectivity index is 2.83. The van der Waals surface area contributed by atoms with E-state index in [-0.39, 0.29) is 12.5 Å². The van der Waals surface area contributed by atoms with Crippen LogP contribution >= 0.6 is 15.9 Å². The third-order valence-corrected chi connectivity index (χ3v) is 4.47. The molecule has 5 nitrogen and oxygen atoms in total. The summed E-state index contributed by atoms with van der Waals surface area (Å²) in [6.07, 6.45) is -2.60. The zero-order valence-corrected chi connectivity index (χ0v) is 16.5. The van der Waals surface area contributed by atoms with Gasteiger partial charge in [0, 0.05) is 25.2 Å². The van der Waals surface area contributed by atoms with Crippen molar-refractivity contribution >= 4 is 22.0 Å². The van der Waals surface area contributed by atoms with Crippen LogP contribution in [0.1, 0.15) is 38.3 Å². The zero-order chi connectivity index (χ0) is 19.9. The van der Waals surface area contributed by atoms with Crippen LogP contribution in [0.25, 0.3) is 0 Å². The third-order valence-electron chi connectivity index (χ3n) is 3.91. The highest BCUT2D eigenvalue weighted by Crippen LogP contribution is 2.28. The lowest BCUT2D eigenvalue weighted by molar-refractivity contribution is -0.136. The molecule has 0 radical (unpaired) electrons. The van der Waals surface area contributed by atoms with Crippen LogP contribution in [-0.4, -0.2) is 41.8 Å². The average Bonchev–Trinajstić information content (AvgIpc) is 2.58. The summed E-state index contributed by atoms with van der Waals surface area (Å²) in [6.45, 7) is 7.49. The zero-order valence-electron chi connectivity index (χ0n) is 14.9. The third kappa shape index (κ3) is 6.51. The van der Waals surface area contributed by atoms with E-state index >= 15 is 0 Å². The van der Waals surface area contributed by atoms with Gasteiger partial charge in [-0.3, -0.25) is 0 Å². The van der Waals surface area contributed by atoms with E-state index in [4.69, 9.17) is 4.74 Å². The molecule has 0 spiro atoms. The highest BCUT2D eigenvalue weighted by molar-refractivity contribution is 9.10. The molecule has 0 bridgehead atoms. The molecule has 1 rings (SSSR count). The molecule has 2 amide bonds. The number of hydrogen-bond donors (Lipinski definition) is 1. The Bertz CT molecular complexity index is 626. The highest BCUT2D eigenvalue weighted by atomic mass is 79.9. The molecule has 0 aliphatic heterocycles. The molecule has 1 aromatic rings. The molecule has 1 N–H and O–H groups in total. The monoisotopic (exact) mass is 437 g/mol. The topological polar surface area (TPSA) is 54.5 Å². The Morgan fingerprint density at radius 1 is 1.54 bits per heavy atom. The molecule has 0 unspecified atom stereocenters. The first-order valence-electron chi connectivity index (χ1n) is 8.08.